The molecule has 0 saturated heterocycles. The zero-order valence-corrected chi connectivity index (χ0v) is 10.9. The number of halogens is 1. The van der Waals surface area contributed by atoms with Crippen molar-refractivity contribution in [3.63, 3.8) is 0 Å². The number of amides is 1. The van der Waals surface area contributed by atoms with E-state index in [-0.39, 0.29) is 11.6 Å². The summed E-state index contributed by atoms with van der Waals surface area (Å²) in [6, 6.07) is 6.14. The van der Waals surface area contributed by atoms with E-state index in [4.69, 9.17) is 5.11 Å². The fraction of sp³-hybridized carbons (Fsp3) is 0.0769. The number of benzene rings is 1. The summed E-state index contributed by atoms with van der Waals surface area (Å²) in [6.07, 6.45) is 0.622. The third kappa shape index (κ3) is 2.97. The molecule has 0 aliphatic heterocycles. The number of anilines is 1. The van der Waals surface area contributed by atoms with Gasteiger partial charge in [-0.3, -0.25) is 5.32 Å². The highest BCUT2D eigenvalue weighted by Crippen LogP contribution is 2.32. The molecule has 6 heteroatoms. The molecule has 1 aromatic carbocycles. The summed E-state index contributed by atoms with van der Waals surface area (Å²) in [7, 11) is 0. The smallest absolute Gasteiger partial charge is 0.410 e. The van der Waals surface area contributed by atoms with Crippen LogP contribution in [0.5, 0.6) is 0 Å². The molecule has 0 bridgehead atoms. The van der Waals surface area contributed by atoms with Gasteiger partial charge in [0.05, 0.1) is 10.4 Å². The van der Waals surface area contributed by atoms with Gasteiger partial charge in [0.1, 0.15) is 5.82 Å². The van der Waals surface area contributed by atoms with Gasteiger partial charge in [0, 0.05) is 0 Å². The fourth-order valence-corrected chi connectivity index (χ4v) is 2.55. The van der Waals surface area contributed by atoms with Crippen molar-refractivity contribution >= 4 is 28.8 Å². The van der Waals surface area contributed by atoms with E-state index in [1.165, 1.54) is 23.5 Å². The predicted molar refractivity (Wildman–Crippen MR) is 72.9 cm³/mol. The van der Waals surface area contributed by atoms with Crippen molar-refractivity contribution in [2.45, 2.75) is 6.92 Å². The van der Waals surface area contributed by atoms with Crippen molar-refractivity contribution < 1.29 is 14.3 Å². The number of hydrogen-bond donors (Lipinski definition) is 2. The molecule has 0 saturated carbocycles. The van der Waals surface area contributed by atoms with Gasteiger partial charge >= 0.3 is 6.09 Å². The number of aromatic nitrogens is 1. The summed E-state index contributed by atoms with van der Waals surface area (Å²) < 4.78 is 13.3. The second kappa shape index (κ2) is 5.62. The van der Waals surface area contributed by atoms with E-state index in [9.17, 15) is 9.18 Å². The minimum Gasteiger partial charge on any atom is -0.465 e. The number of carboxylic acid groups (broad SMARTS) is 1. The normalized spacial score (nSPS) is 11.4. The second-order valence-electron chi connectivity index (χ2n) is 3.67. The van der Waals surface area contributed by atoms with Crippen molar-refractivity contribution in [1.29, 1.82) is 0 Å². The van der Waals surface area contributed by atoms with Crippen LogP contribution in [0.25, 0.3) is 5.57 Å². The monoisotopic (exact) mass is 278 g/mol. The van der Waals surface area contributed by atoms with Gasteiger partial charge in [-0.1, -0.05) is 18.2 Å². The zero-order valence-electron chi connectivity index (χ0n) is 10.1. The van der Waals surface area contributed by atoms with Crippen LogP contribution in [-0.4, -0.2) is 16.2 Å². The molecular formula is C13H11FN2O2S. The van der Waals surface area contributed by atoms with Gasteiger partial charge in [-0.05, 0) is 30.2 Å². The van der Waals surface area contributed by atoms with Gasteiger partial charge in [-0.2, -0.15) is 0 Å². The maximum Gasteiger partial charge on any atom is 0.410 e. The van der Waals surface area contributed by atoms with Crippen molar-refractivity contribution in [3.05, 3.63) is 52.1 Å². The Morgan fingerprint density at radius 2 is 2.32 bits per heavy atom. The Bertz CT molecular complexity index is 637. The molecule has 1 heterocycles. The van der Waals surface area contributed by atoms with Gasteiger partial charge in [-0.15, -0.1) is 11.3 Å². The van der Waals surface area contributed by atoms with Crippen molar-refractivity contribution in [2.24, 2.45) is 0 Å². The maximum atomic E-state index is 13.3. The Labute approximate surface area is 113 Å². The number of rotatable bonds is 3. The lowest BCUT2D eigenvalue weighted by Crippen LogP contribution is -2.09. The fourth-order valence-electron chi connectivity index (χ4n) is 1.71. The van der Waals surface area contributed by atoms with Crippen LogP contribution in [0.4, 0.5) is 15.0 Å². The zero-order chi connectivity index (χ0) is 13.8. The van der Waals surface area contributed by atoms with Crippen molar-refractivity contribution in [3.8, 4) is 0 Å². The molecule has 0 spiro atoms. The first-order valence-electron chi connectivity index (χ1n) is 5.48. The molecule has 0 unspecified atom stereocenters. The summed E-state index contributed by atoms with van der Waals surface area (Å²) >= 11 is 1.30. The number of carbonyl (C=O) groups is 1. The van der Waals surface area contributed by atoms with Crippen LogP contribution >= 0.6 is 11.3 Å². The van der Waals surface area contributed by atoms with E-state index in [0.29, 0.717) is 10.4 Å². The first-order valence-corrected chi connectivity index (χ1v) is 6.36. The molecule has 0 aliphatic carbocycles. The van der Waals surface area contributed by atoms with E-state index in [0.717, 1.165) is 5.57 Å². The van der Waals surface area contributed by atoms with Gasteiger partial charge < -0.3 is 5.11 Å². The third-order valence-electron chi connectivity index (χ3n) is 2.46. The average molecular weight is 278 g/mol. The largest absolute Gasteiger partial charge is 0.465 e. The number of thiazole rings is 1. The third-order valence-corrected chi connectivity index (χ3v) is 3.32. The SMILES string of the molecule is C/C=C(/c1cccc(F)c1)c1scnc1NC(=O)O. The second-order valence-corrected chi connectivity index (χ2v) is 4.53. The van der Waals surface area contributed by atoms with Gasteiger partial charge in [0.25, 0.3) is 0 Å². The van der Waals surface area contributed by atoms with Crippen LogP contribution in [0, 0.1) is 5.82 Å². The quantitative estimate of drug-likeness (QED) is 0.897. The molecular weight excluding hydrogens is 267 g/mol. The number of nitrogens with zero attached hydrogens (tertiary/aromatic N) is 1. The lowest BCUT2D eigenvalue weighted by molar-refractivity contribution is 0.209. The number of nitrogens with one attached hydrogen (secondary N) is 1. The predicted octanol–water partition coefficient (Wildman–Crippen LogP) is 3.82. The Hall–Kier alpha value is -2.21. The van der Waals surface area contributed by atoms with E-state index in [1.807, 2.05) is 6.92 Å². The van der Waals surface area contributed by atoms with Crippen LogP contribution in [0.1, 0.15) is 17.4 Å². The average Bonchev–Trinajstić information content (AvgIpc) is 2.78. The van der Waals surface area contributed by atoms with Gasteiger partial charge in [0.15, 0.2) is 5.82 Å². The standard InChI is InChI=1S/C13H11FN2O2S/c1-2-10(8-4-3-5-9(14)6-8)11-12(15-7-19-11)16-13(17)18/h2-7,16H,1H3,(H,17,18)/b10-2-. The molecule has 98 valence electrons. The summed E-state index contributed by atoms with van der Waals surface area (Å²) in [5.41, 5.74) is 2.97. The molecule has 2 rings (SSSR count). The van der Waals surface area contributed by atoms with Gasteiger partial charge in [-0.25, -0.2) is 14.2 Å². The number of hydrogen-bond acceptors (Lipinski definition) is 3. The number of allylic oxidation sites excluding steroid dienone is 1. The lowest BCUT2D eigenvalue weighted by atomic mass is 10.0. The lowest BCUT2D eigenvalue weighted by Gasteiger charge is -2.07. The molecule has 4 nitrogen and oxygen atoms in total. The molecule has 0 atom stereocenters. The topological polar surface area (TPSA) is 62.2 Å². The van der Waals surface area contributed by atoms with Crippen LogP contribution in [0.2, 0.25) is 0 Å². The highest BCUT2D eigenvalue weighted by molar-refractivity contribution is 7.11. The Kier molecular flexibility index (Phi) is 3.91. The van der Waals surface area contributed by atoms with Crippen LogP contribution in [0.3, 0.4) is 0 Å². The maximum absolute atomic E-state index is 13.3. The van der Waals surface area contributed by atoms with E-state index in [2.05, 4.69) is 10.3 Å². The first-order chi connectivity index (χ1) is 9.11. The molecule has 0 radical (unpaired) electrons. The van der Waals surface area contributed by atoms with Crippen LogP contribution in [0.15, 0.2) is 35.9 Å². The van der Waals surface area contributed by atoms with Crippen LogP contribution < -0.4 is 5.32 Å². The summed E-state index contributed by atoms with van der Waals surface area (Å²) in [6.45, 7) is 1.81. The molecule has 19 heavy (non-hydrogen) atoms. The Morgan fingerprint density at radius 1 is 1.53 bits per heavy atom. The van der Waals surface area contributed by atoms with E-state index >= 15 is 0 Å². The van der Waals surface area contributed by atoms with Gasteiger partial charge in [0.2, 0.25) is 0 Å². The molecule has 1 aromatic heterocycles. The molecule has 0 aliphatic rings. The molecule has 2 N–H and O–H groups in total. The summed E-state index contributed by atoms with van der Waals surface area (Å²) in [4.78, 5) is 15.3. The Morgan fingerprint density at radius 3 is 2.95 bits per heavy atom. The van der Waals surface area contributed by atoms with E-state index < -0.39 is 6.09 Å². The first kappa shape index (κ1) is 13.2. The van der Waals surface area contributed by atoms with Crippen LogP contribution in [-0.2, 0) is 0 Å². The molecule has 2 aromatic rings. The minimum absolute atomic E-state index is 0.259. The highest BCUT2D eigenvalue weighted by Gasteiger charge is 2.14. The van der Waals surface area contributed by atoms with Crippen molar-refractivity contribution in [1.82, 2.24) is 4.98 Å². The summed E-state index contributed by atoms with van der Waals surface area (Å²) in [5, 5.41) is 11.0. The summed E-state index contributed by atoms with van der Waals surface area (Å²) in [5.74, 6) is -0.0797. The molecule has 0 fully saturated rings. The van der Waals surface area contributed by atoms with Crippen molar-refractivity contribution in [2.75, 3.05) is 5.32 Å². The molecule has 1 amide bonds. The Balaban J connectivity index is 2.44. The minimum atomic E-state index is -1.18. The van der Waals surface area contributed by atoms with E-state index in [1.54, 1.807) is 23.7 Å². The highest BCUT2D eigenvalue weighted by atomic mass is 32.1.